The second-order valence-electron chi connectivity index (χ2n) is 8.28. The zero-order valence-corrected chi connectivity index (χ0v) is 18.4. The molecule has 1 N–H and O–H groups in total. The van der Waals surface area contributed by atoms with Crippen molar-refractivity contribution in [2.75, 3.05) is 43.4 Å². The third-order valence-corrected chi connectivity index (χ3v) is 6.00. The van der Waals surface area contributed by atoms with Crippen molar-refractivity contribution in [1.29, 1.82) is 0 Å². The number of hydrogen-bond acceptors (Lipinski definition) is 6. The van der Waals surface area contributed by atoms with Crippen LogP contribution in [0, 0.1) is 5.82 Å². The number of aromatic nitrogens is 3. The number of pyridine rings is 1. The van der Waals surface area contributed by atoms with E-state index in [0.29, 0.717) is 22.5 Å². The molecule has 3 heterocycles. The number of piperazine rings is 1. The molecule has 0 saturated carbocycles. The lowest BCUT2D eigenvalue weighted by Crippen LogP contribution is -2.44. The molecule has 7 nitrogen and oxygen atoms in total. The van der Waals surface area contributed by atoms with Gasteiger partial charge in [-0.3, -0.25) is 9.36 Å². The van der Waals surface area contributed by atoms with Gasteiger partial charge in [-0.25, -0.2) is 9.37 Å². The molecule has 0 radical (unpaired) electrons. The summed E-state index contributed by atoms with van der Waals surface area (Å²) in [5, 5.41) is 3.93. The van der Waals surface area contributed by atoms with Gasteiger partial charge in [-0.1, -0.05) is 18.2 Å². The number of fused-ring (bicyclic) bond motifs is 1. The van der Waals surface area contributed by atoms with Crippen molar-refractivity contribution in [2.45, 2.75) is 6.54 Å². The van der Waals surface area contributed by atoms with Crippen molar-refractivity contribution in [2.24, 2.45) is 0 Å². The van der Waals surface area contributed by atoms with E-state index in [0.717, 1.165) is 31.9 Å². The molecule has 0 aliphatic carbocycles. The van der Waals surface area contributed by atoms with Crippen LogP contribution in [0.1, 0.15) is 5.56 Å². The number of anilines is 3. The first-order chi connectivity index (χ1) is 16.1. The highest BCUT2D eigenvalue weighted by molar-refractivity contribution is 5.76. The molecule has 0 bridgehead atoms. The van der Waals surface area contributed by atoms with Crippen molar-refractivity contribution in [3.63, 3.8) is 0 Å². The lowest BCUT2D eigenvalue weighted by atomic mass is 10.2. The molecule has 2 aromatic heterocycles. The van der Waals surface area contributed by atoms with Gasteiger partial charge in [-0.2, -0.15) is 4.98 Å². The van der Waals surface area contributed by atoms with Crippen LogP contribution in [0.5, 0.6) is 0 Å². The first-order valence-electron chi connectivity index (χ1n) is 11.0. The molecule has 5 rings (SSSR count). The number of halogens is 1. The molecule has 0 atom stereocenters. The normalized spacial score (nSPS) is 14.5. The van der Waals surface area contributed by atoms with E-state index in [-0.39, 0.29) is 17.9 Å². The van der Waals surface area contributed by atoms with E-state index >= 15 is 0 Å². The molecular formula is C25H25FN6O. The number of rotatable bonds is 5. The van der Waals surface area contributed by atoms with Crippen LogP contribution >= 0.6 is 0 Å². The predicted molar refractivity (Wildman–Crippen MR) is 129 cm³/mol. The summed E-state index contributed by atoms with van der Waals surface area (Å²) in [6, 6.07) is 17.7. The van der Waals surface area contributed by atoms with Crippen LogP contribution in [0.3, 0.4) is 0 Å². The summed E-state index contributed by atoms with van der Waals surface area (Å²) in [5.41, 5.74) is 2.68. The van der Waals surface area contributed by atoms with E-state index in [1.54, 1.807) is 30.5 Å². The maximum atomic E-state index is 14.2. The minimum absolute atomic E-state index is 0.0963. The molecule has 4 aromatic rings. The topological polar surface area (TPSA) is 66.3 Å². The zero-order chi connectivity index (χ0) is 22.8. The van der Waals surface area contributed by atoms with Crippen LogP contribution in [-0.4, -0.2) is 52.7 Å². The Morgan fingerprint density at radius 2 is 1.73 bits per heavy atom. The standard InChI is InChI=1S/C25H25FN6O/c1-30-12-14-31(15-13-30)21-9-7-20(8-10-21)28-25-27-16-18-6-11-23(33)32(24(18)29-25)17-19-4-2-3-5-22(19)26/h2-11,16H,12-15,17H2,1H3,(H,27,28,29). The fourth-order valence-corrected chi connectivity index (χ4v) is 4.03. The van der Waals surface area contributed by atoms with E-state index in [2.05, 4.69) is 44.3 Å². The zero-order valence-electron chi connectivity index (χ0n) is 18.4. The maximum absolute atomic E-state index is 14.2. The van der Waals surface area contributed by atoms with E-state index < -0.39 is 0 Å². The third kappa shape index (κ3) is 4.56. The Morgan fingerprint density at radius 3 is 2.48 bits per heavy atom. The van der Waals surface area contributed by atoms with Crippen molar-refractivity contribution in [3.8, 4) is 0 Å². The van der Waals surface area contributed by atoms with E-state index in [1.807, 2.05) is 12.1 Å². The third-order valence-electron chi connectivity index (χ3n) is 6.00. The summed E-state index contributed by atoms with van der Waals surface area (Å²) < 4.78 is 15.7. The maximum Gasteiger partial charge on any atom is 0.252 e. The Hall–Kier alpha value is -3.78. The Kier molecular flexibility index (Phi) is 5.75. The van der Waals surface area contributed by atoms with Crippen molar-refractivity contribution in [3.05, 3.63) is 88.6 Å². The number of nitrogens with one attached hydrogen (secondary N) is 1. The lowest BCUT2D eigenvalue weighted by Gasteiger charge is -2.34. The summed E-state index contributed by atoms with van der Waals surface area (Å²) >= 11 is 0. The van der Waals surface area contributed by atoms with Crippen LogP contribution in [-0.2, 0) is 6.54 Å². The number of benzene rings is 2. The Labute approximate surface area is 191 Å². The average molecular weight is 445 g/mol. The van der Waals surface area contributed by atoms with Gasteiger partial charge in [0.2, 0.25) is 5.95 Å². The van der Waals surface area contributed by atoms with Gasteiger partial charge in [0, 0.05) is 60.8 Å². The molecule has 2 aromatic carbocycles. The van der Waals surface area contributed by atoms with Crippen LogP contribution in [0.4, 0.5) is 21.7 Å². The van der Waals surface area contributed by atoms with Crippen LogP contribution in [0.25, 0.3) is 11.0 Å². The molecule has 1 fully saturated rings. The first kappa shape index (κ1) is 21.1. The smallest absolute Gasteiger partial charge is 0.252 e. The van der Waals surface area contributed by atoms with Crippen LogP contribution < -0.4 is 15.8 Å². The quantitative estimate of drug-likeness (QED) is 0.509. The minimum atomic E-state index is -0.353. The average Bonchev–Trinajstić information content (AvgIpc) is 2.83. The van der Waals surface area contributed by atoms with Gasteiger partial charge in [0.25, 0.3) is 5.56 Å². The molecule has 1 saturated heterocycles. The Morgan fingerprint density at radius 1 is 0.970 bits per heavy atom. The lowest BCUT2D eigenvalue weighted by molar-refractivity contribution is 0.313. The van der Waals surface area contributed by atoms with Crippen LogP contribution in [0.15, 0.2) is 71.7 Å². The second-order valence-corrected chi connectivity index (χ2v) is 8.28. The number of nitrogens with zero attached hydrogens (tertiary/aromatic N) is 5. The molecule has 0 unspecified atom stereocenters. The Bertz CT molecular complexity index is 1330. The van der Waals surface area contributed by atoms with Crippen molar-refractivity contribution in [1.82, 2.24) is 19.4 Å². The van der Waals surface area contributed by atoms with E-state index in [4.69, 9.17) is 0 Å². The summed E-state index contributed by atoms with van der Waals surface area (Å²) in [6.07, 6.45) is 1.67. The molecule has 0 spiro atoms. The fraction of sp³-hybridized carbons (Fsp3) is 0.240. The summed E-state index contributed by atoms with van der Waals surface area (Å²) in [7, 11) is 2.14. The van der Waals surface area contributed by atoms with Gasteiger partial charge in [0.15, 0.2) is 0 Å². The highest BCUT2D eigenvalue weighted by Crippen LogP contribution is 2.22. The van der Waals surface area contributed by atoms with Gasteiger partial charge in [-0.15, -0.1) is 0 Å². The number of likely N-dealkylation sites (N-methyl/N-ethyl adjacent to an activating group) is 1. The van der Waals surface area contributed by atoms with Gasteiger partial charge < -0.3 is 15.1 Å². The highest BCUT2D eigenvalue weighted by Gasteiger charge is 2.14. The van der Waals surface area contributed by atoms with Crippen molar-refractivity contribution >= 4 is 28.4 Å². The van der Waals surface area contributed by atoms with E-state index in [9.17, 15) is 9.18 Å². The molecule has 0 amide bonds. The first-order valence-corrected chi connectivity index (χ1v) is 11.0. The molecular weight excluding hydrogens is 419 g/mol. The Balaban J connectivity index is 1.40. The minimum Gasteiger partial charge on any atom is -0.369 e. The largest absolute Gasteiger partial charge is 0.369 e. The highest BCUT2D eigenvalue weighted by atomic mass is 19.1. The van der Waals surface area contributed by atoms with Gasteiger partial charge >= 0.3 is 0 Å². The fourth-order valence-electron chi connectivity index (χ4n) is 4.03. The van der Waals surface area contributed by atoms with Gasteiger partial charge in [0.05, 0.1) is 6.54 Å². The summed E-state index contributed by atoms with van der Waals surface area (Å²) in [5.74, 6) is 0.0250. The SMILES string of the molecule is CN1CCN(c2ccc(Nc3ncc4ccc(=O)n(Cc5ccccc5F)c4n3)cc2)CC1. The second kappa shape index (κ2) is 8.99. The summed E-state index contributed by atoms with van der Waals surface area (Å²) in [6.45, 7) is 4.23. The van der Waals surface area contributed by atoms with Crippen LogP contribution in [0.2, 0.25) is 0 Å². The van der Waals surface area contributed by atoms with Gasteiger partial charge in [0.1, 0.15) is 11.5 Å². The van der Waals surface area contributed by atoms with Gasteiger partial charge in [-0.05, 0) is 43.4 Å². The number of hydrogen-bond donors (Lipinski definition) is 1. The summed E-state index contributed by atoms with van der Waals surface area (Å²) in [4.78, 5) is 26.3. The van der Waals surface area contributed by atoms with E-state index in [1.165, 1.54) is 22.4 Å². The molecule has 168 valence electrons. The van der Waals surface area contributed by atoms with Crippen molar-refractivity contribution < 1.29 is 4.39 Å². The molecule has 8 heteroatoms. The molecule has 1 aliphatic rings. The predicted octanol–water partition coefficient (Wildman–Crippen LogP) is 3.47. The molecule has 33 heavy (non-hydrogen) atoms. The molecule has 1 aliphatic heterocycles. The monoisotopic (exact) mass is 444 g/mol.